The molecule has 1 amide bonds. The number of β-amino-alcohol motifs (C(OH)–C–C–N with tert-alkyl or cyclic N) is 1. The van der Waals surface area contributed by atoms with Crippen molar-refractivity contribution < 1.29 is 14.6 Å². The summed E-state index contributed by atoms with van der Waals surface area (Å²) >= 11 is 0. The zero-order valence-corrected chi connectivity index (χ0v) is 13.4. The summed E-state index contributed by atoms with van der Waals surface area (Å²) in [5, 5.41) is 10.1. The van der Waals surface area contributed by atoms with Crippen molar-refractivity contribution in [3.8, 4) is 0 Å². The molecule has 0 saturated carbocycles. The number of methoxy groups -OCH3 is 1. The van der Waals surface area contributed by atoms with Gasteiger partial charge in [-0.05, 0) is 11.8 Å². The van der Waals surface area contributed by atoms with Crippen molar-refractivity contribution in [1.29, 1.82) is 0 Å². The lowest BCUT2D eigenvalue weighted by Crippen LogP contribution is -2.51. The van der Waals surface area contributed by atoms with E-state index in [0.29, 0.717) is 19.6 Å². The van der Waals surface area contributed by atoms with Gasteiger partial charge in [-0.1, -0.05) is 20.8 Å². The van der Waals surface area contributed by atoms with Gasteiger partial charge in [0.2, 0.25) is 5.91 Å². The predicted octanol–water partition coefficient (Wildman–Crippen LogP) is 0.964. The fourth-order valence-electron chi connectivity index (χ4n) is 2.22. The van der Waals surface area contributed by atoms with Crippen LogP contribution in [-0.4, -0.2) is 73.4 Å². The fourth-order valence-corrected chi connectivity index (χ4v) is 2.22. The second-order valence-corrected chi connectivity index (χ2v) is 6.66. The molecular weight excluding hydrogens is 256 g/mol. The predicted molar refractivity (Wildman–Crippen MR) is 79.6 cm³/mol. The van der Waals surface area contributed by atoms with Crippen molar-refractivity contribution in [1.82, 2.24) is 9.80 Å². The smallest absolute Gasteiger partial charge is 0.222 e. The van der Waals surface area contributed by atoms with E-state index in [-0.39, 0.29) is 17.4 Å². The number of carbonyl (C=O) groups is 1. The quantitative estimate of drug-likeness (QED) is 0.739. The number of ether oxygens (including phenoxy) is 1. The van der Waals surface area contributed by atoms with Crippen LogP contribution in [0.15, 0.2) is 0 Å². The van der Waals surface area contributed by atoms with E-state index in [1.54, 1.807) is 7.11 Å². The summed E-state index contributed by atoms with van der Waals surface area (Å²) in [7, 11) is 1.66. The van der Waals surface area contributed by atoms with E-state index in [1.165, 1.54) is 0 Å². The van der Waals surface area contributed by atoms with Gasteiger partial charge < -0.3 is 14.7 Å². The Kier molecular flexibility index (Phi) is 6.92. The van der Waals surface area contributed by atoms with Gasteiger partial charge in [-0.15, -0.1) is 0 Å². The number of carbonyl (C=O) groups excluding carboxylic acids is 1. The monoisotopic (exact) mass is 286 g/mol. The third kappa shape index (κ3) is 5.77. The lowest BCUT2D eigenvalue weighted by molar-refractivity contribution is -0.133. The highest BCUT2D eigenvalue weighted by atomic mass is 16.5. The maximum Gasteiger partial charge on any atom is 0.222 e. The summed E-state index contributed by atoms with van der Waals surface area (Å²) in [6.45, 7) is 10.7. The standard InChI is InChI=1S/C15H30N2O3/c1-15(2,3)13(18)12-16-7-9-17(10-8-16)14(19)6-5-11-20-4/h13,18H,5-12H2,1-4H3/t13-/m1/s1. The van der Waals surface area contributed by atoms with Crippen LogP contribution in [0.25, 0.3) is 0 Å². The maximum atomic E-state index is 12.0. The van der Waals surface area contributed by atoms with E-state index in [9.17, 15) is 9.90 Å². The van der Waals surface area contributed by atoms with Gasteiger partial charge >= 0.3 is 0 Å². The number of aliphatic hydroxyl groups excluding tert-OH is 1. The van der Waals surface area contributed by atoms with Gasteiger partial charge in [0.15, 0.2) is 0 Å². The summed E-state index contributed by atoms with van der Waals surface area (Å²) in [5.74, 6) is 0.220. The van der Waals surface area contributed by atoms with E-state index in [4.69, 9.17) is 4.74 Å². The van der Waals surface area contributed by atoms with Gasteiger partial charge in [-0.3, -0.25) is 9.69 Å². The number of aliphatic hydroxyl groups is 1. The Morgan fingerprint density at radius 2 is 1.85 bits per heavy atom. The molecule has 1 atom stereocenters. The van der Waals surface area contributed by atoms with Crippen LogP contribution in [0.3, 0.4) is 0 Å². The van der Waals surface area contributed by atoms with Gasteiger partial charge in [0.05, 0.1) is 6.10 Å². The third-order valence-electron chi connectivity index (χ3n) is 3.89. The van der Waals surface area contributed by atoms with Crippen LogP contribution in [-0.2, 0) is 9.53 Å². The van der Waals surface area contributed by atoms with Gasteiger partial charge in [0.1, 0.15) is 0 Å². The van der Waals surface area contributed by atoms with Gasteiger partial charge in [-0.25, -0.2) is 0 Å². The van der Waals surface area contributed by atoms with Gasteiger partial charge in [0, 0.05) is 52.9 Å². The first-order chi connectivity index (χ1) is 9.34. The largest absolute Gasteiger partial charge is 0.391 e. The van der Waals surface area contributed by atoms with E-state index in [0.717, 1.165) is 32.6 Å². The molecule has 1 aliphatic rings. The van der Waals surface area contributed by atoms with Crippen LogP contribution < -0.4 is 0 Å². The Hall–Kier alpha value is -0.650. The molecule has 0 unspecified atom stereocenters. The molecule has 0 bridgehead atoms. The molecule has 1 N–H and O–H groups in total. The van der Waals surface area contributed by atoms with E-state index in [1.807, 2.05) is 25.7 Å². The molecule has 0 spiro atoms. The summed E-state index contributed by atoms with van der Waals surface area (Å²) in [4.78, 5) is 16.1. The molecule has 1 heterocycles. The average Bonchev–Trinajstić information content (AvgIpc) is 2.38. The highest BCUT2D eigenvalue weighted by Gasteiger charge is 2.27. The number of hydrogen-bond acceptors (Lipinski definition) is 4. The molecule has 1 saturated heterocycles. The van der Waals surface area contributed by atoms with E-state index < -0.39 is 0 Å². The second-order valence-electron chi connectivity index (χ2n) is 6.66. The third-order valence-corrected chi connectivity index (χ3v) is 3.89. The zero-order valence-electron chi connectivity index (χ0n) is 13.4. The highest BCUT2D eigenvalue weighted by Crippen LogP contribution is 2.20. The van der Waals surface area contributed by atoms with E-state index in [2.05, 4.69) is 4.90 Å². The van der Waals surface area contributed by atoms with Gasteiger partial charge in [-0.2, -0.15) is 0 Å². The summed E-state index contributed by atoms with van der Waals surface area (Å²) in [5.41, 5.74) is -0.0902. The van der Waals surface area contributed by atoms with Crippen molar-refractivity contribution in [2.75, 3.05) is 46.4 Å². The summed E-state index contributed by atoms with van der Waals surface area (Å²) in [6.07, 6.45) is 1.03. The number of piperazine rings is 1. The van der Waals surface area contributed by atoms with Crippen molar-refractivity contribution in [3.63, 3.8) is 0 Å². The first-order valence-corrected chi connectivity index (χ1v) is 7.51. The van der Waals surface area contributed by atoms with Crippen LogP contribution in [0.1, 0.15) is 33.6 Å². The van der Waals surface area contributed by atoms with E-state index >= 15 is 0 Å². The Morgan fingerprint density at radius 3 is 2.35 bits per heavy atom. The highest BCUT2D eigenvalue weighted by molar-refractivity contribution is 5.76. The molecule has 0 radical (unpaired) electrons. The lowest BCUT2D eigenvalue weighted by atomic mass is 9.89. The van der Waals surface area contributed by atoms with Crippen molar-refractivity contribution in [3.05, 3.63) is 0 Å². The number of amides is 1. The summed E-state index contributed by atoms with van der Waals surface area (Å²) in [6, 6.07) is 0. The summed E-state index contributed by atoms with van der Waals surface area (Å²) < 4.78 is 4.97. The van der Waals surface area contributed by atoms with Crippen LogP contribution in [0.4, 0.5) is 0 Å². The molecule has 0 aromatic carbocycles. The molecule has 20 heavy (non-hydrogen) atoms. The lowest BCUT2D eigenvalue weighted by Gasteiger charge is -2.38. The minimum absolute atomic E-state index is 0.0902. The minimum Gasteiger partial charge on any atom is -0.391 e. The van der Waals surface area contributed by atoms with Crippen LogP contribution in [0, 0.1) is 5.41 Å². The Labute approximate surface area is 122 Å². The molecular formula is C15H30N2O3. The topological polar surface area (TPSA) is 53.0 Å². The molecule has 0 aliphatic carbocycles. The first-order valence-electron chi connectivity index (χ1n) is 7.51. The second kappa shape index (κ2) is 7.96. The van der Waals surface area contributed by atoms with Crippen molar-refractivity contribution in [2.45, 2.75) is 39.7 Å². The van der Waals surface area contributed by atoms with Crippen LogP contribution >= 0.6 is 0 Å². The molecule has 0 aromatic rings. The molecule has 0 aromatic heterocycles. The van der Waals surface area contributed by atoms with Gasteiger partial charge in [0.25, 0.3) is 0 Å². The van der Waals surface area contributed by atoms with Crippen molar-refractivity contribution in [2.24, 2.45) is 5.41 Å². The Balaban J connectivity index is 2.27. The normalized spacial score (nSPS) is 19.1. The number of nitrogens with zero attached hydrogens (tertiary/aromatic N) is 2. The number of hydrogen-bond donors (Lipinski definition) is 1. The Bertz CT molecular complexity index is 294. The molecule has 1 rings (SSSR count). The van der Waals surface area contributed by atoms with Crippen LogP contribution in [0.2, 0.25) is 0 Å². The van der Waals surface area contributed by atoms with Crippen LogP contribution in [0.5, 0.6) is 0 Å². The molecule has 1 fully saturated rings. The zero-order chi connectivity index (χ0) is 15.2. The minimum atomic E-state index is -0.327. The number of rotatable bonds is 6. The molecule has 118 valence electrons. The molecule has 1 aliphatic heterocycles. The molecule has 5 nitrogen and oxygen atoms in total. The Morgan fingerprint density at radius 1 is 1.25 bits per heavy atom. The average molecular weight is 286 g/mol. The first kappa shape index (κ1) is 17.4. The van der Waals surface area contributed by atoms with Crippen molar-refractivity contribution >= 4 is 5.91 Å². The maximum absolute atomic E-state index is 12.0. The SMILES string of the molecule is COCCCC(=O)N1CCN(C[C@@H](O)C(C)(C)C)CC1. The molecule has 5 heteroatoms. The fraction of sp³-hybridized carbons (Fsp3) is 0.933.